The average molecular weight is 196 g/mol. The molecule has 1 saturated heterocycles. The first-order chi connectivity index (χ1) is 6.74. The van der Waals surface area contributed by atoms with Crippen LogP contribution in [0.3, 0.4) is 0 Å². The van der Waals surface area contributed by atoms with E-state index in [1.807, 2.05) is 0 Å². The quantitative estimate of drug-likeness (QED) is 0.738. The zero-order valence-electron chi connectivity index (χ0n) is 9.68. The largest absolute Gasteiger partial charge is 0.312 e. The number of rotatable bonds is 4. The summed E-state index contributed by atoms with van der Waals surface area (Å²) in [5.74, 6) is 0. The summed E-state index contributed by atoms with van der Waals surface area (Å²) < 4.78 is 0. The van der Waals surface area contributed by atoms with E-state index in [9.17, 15) is 0 Å². The average Bonchev–Trinajstić information content (AvgIpc) is 2.85. The van der Waals surface area contributed by atoms with Crippen molar-refractivity contribution in [3.63, 3.8) is 0 Å². The second kappa shape index (κ2) is 4.19. The Hall–Kier alpha value is -0.0800. The van der Waals surface area contributed by atoms with E-state index in [0.717, 1.165) is 5.41 Å². The lowest BCUT2D eigenvalue weighted by Crippen LogP contribution is -2.50. The molecule has 82 valence electrons. The highest BCUT2D eigenvalue weighted by molar-refractivity contribution is 4.96. The second-order valence-electron chi connectivity index (χ2n) is 5.34. The smallest absolute Gasteiger partial charge is 0.0167 e. The van der Waals surface area contributed by atoms with Crippen molar-refractivity contribution in [2.45, 2.75) is 45.6 Å². The van der Waals surface area contributed by atoms with Crippen LogP contribution in [-0.4, -0.2) is 37.1 Å². The third kappa shape index (κ3) is 2.48. The Morgan fingerprint density at radius 2 is 2.21 bits per heavy atom. The number of hydrogen-bond acceptors (Lipinski definition) is 2. The van der Waals surface area contributed by atoms with E-state index in [1.165, 1.54) is 51.9 Å². The van der Waals surface area contributed by atoms with Gasteiger partial charge in [-0.15, -0.1) is 0 Å². The monoisotopic (exact) mass is 196 g/mol. The predicted molar refractivity (Wildman–Crippen MR) is 60.5 cm³/mol. The van der Waals surface area contributed by atoms with Crippen LogP contribution in [0.4, 0.5) is 0 Å². The first-order valence-electron chi connectivity index (χ1n) is 6.20. The van der Waals surface area contributed by atoms with Gasteiger partial charge in [0.05, 0.1) is 0 Å². The van der Waals surface area contributed by atoms with Gasteiger partial charge in [0.25, 0.3) is 0 Å². The molecule has 1 atom stereocenters. The maximum Gasteiger partial charge on any atom is 0.0167 e. The summed E-state index contributed by atoms with van der Waals surface area (Å²) in [4.78, 5) is 2.67. The molecular formula is C12H24N2. The molecule has 2 nitrogen and oxygen atoms in total. The number of piperazine rings is 1. The van der Waals surface area contributed by atoms with Gasteiger partial charge in [-0.2, -0.15) is 0 Å². The molecule has 14 heavy (non-hydrogen) atoms. The molecule has 1 heterocycles. The Morgan fingerprint density at radius 3 is 2.79 bits per heavy atom. The summed E-state index contributed by atoms with van der Waals surface area (Å²) in [6, 6.07) is 0.696. The number of nitrogens with one attached hydrogen (secondary N) is 1. The van der Waals surface area contributed by atoms with Gasteiger partial charge in [-0.1, -0.05) is 13.3 Å². The molecule has 1 aliphatic carbocycles. The van der Waals surface area contributed by atoms with E-state index in [4.69, 9.17) is 0 Å². The molecule has 0 aromatic carbocycles. The van der Waals surface area contributed by atoms with E-state index in [-0.39, 0.29) is 0 Å². The fourth-order valence-corrected chi connectivity index (χ4v) is 2.82. The highest BCUT2D eigenvalue weighted by atomic mass is 15.2. The van der Waals surface area contributed by atoms with Crippen molar-refractivity contribution in [2.24, 2.45) is 5.41 Å². The molecule has 0 aromatic rings. The van der Waals surface area contributed by atoms with Crippen LogP contribution in [0.1, 0.15) is 39.5 Å². The highest BCUT2D eigenvalue weighted by Gasteiger charge is 2.42. The van der Waals surface area contributed by atoms with Gasteiger partial charge in [-0.25, -0.2) is 0 Å². The molecule has 2 aliphatic rings. The minimum Gasteiger partial charge on any atom is -0.312 e. The molecule has 1 saturated carbocycles. The van der Waals surface area contributed by atoms with Crippen molar-refractivity contribution in [1.29, 1.82) is 0 Å². The normalized spacial score (nSPS) is 31.7. The first-order valence-corrected chi connectivity index (χ1v) is 6.20. The zero-order valence-corrected chi connectivity index (χ0v) is 9.68. The Bertz CT molecular complexity index is 187. The Labute approximate surface area is 88.1 Å². The molecule has 0 radical (unpaired) electrons. The van der Waals surface area contributed by atoms with Gasteiger partial charge in [-0.3, -0.25) is 4.90 Å². The third-order valence-electron chi connectivity index (χ3n) is 3.75. The Morgan fingerprint density at radius 1 is 1.43 bits per heavy atom. The summed E-state index contributed by atoms with van der Waals surface area (Å²) >= 11 is 0. The molecule has 0 bridgehead atoms. The van der Waals surface area contributed by atoms with E-state index in [0.29, 0.717) is 6.04 Å². The van der Waals surface area contributed by atoms with E-state index < -0.39 is 0 Å². The minimum absolute atomic E-state index is 0.696. The SMILES string of the molecule is CCCC1(CN2CCNC(C)C2)CC1. The van der Waals surface area contributed by atoms with Gasteiger partial charge in [0.2, 0.25) is 0 Å². The Balaban J connectivity index is 1.79. The van der Waals surface area contributed by atoms with Crippen LogP contribution in [0.15, 0.2) is 0 Å². The van der Waals surface area contributed by atoms with Crippen molar-refractivity contribution in [2.75, 3.05) is 26.2 Å². The summed E-state index contributed by atoms with van der Waals surface area (Å²) in [7, 11) is 0. The Kier molecular flexibility index (Phi) is 3.13. The van der Waals surface area contributed by atoms with Gasteiger partial charge in [-0.05, 0) is 31.6 Å². The number of nitrogens with zero attached hydrogens (tertiary/aromatic N) is 1. The van der Waals surface area contributed by atoms with Gasteiger partial charge in [0, 0.05) is 32.2 Å². The van der Waals surface area contributed by atoms with Crippen molar-refractivity contribution in [3.8, 4) is 0 Å². The van der Waals surface area contributed by atoms with Crippen molar-refractivity contribution < 1.29 is 0 Å². The van der Waals surface area contributed by atoms with Crippen LogP contribution in [0.25, 0.3) is 0 Å². The summed E-state index contributed by atoms with van der Waals surface area (Å²) in [6.07, 6.45) is 5.78. The lowest BCUT2D eigenvalue weighted by Gasteiger charge is -2.34. The molecule has 0 aromatic heterocycles. The maximum absolute atomic E-state index is 3.51. The van der Waals surface area contributed by atoms with E-state index in [2.05, 4.69) is 24.1 Å². The topological polar surface area (TPSA) is 15.3 Å². The van der Waals surface area contributed by atoms with Crippen molar-refractivity contribution in [3.05, 3.63) is 0 Å². The molecule has 2 fully saturated rings. The van der Waals surface area contributed by atoms with Gasteiger partial charge >= 0.3 is 0 Å². The molecular weight excluding hydrogens is 172 g/mol. The molecule has 1 aliphatic heterocycles. The molecule has 1 unspecified atom stereocenters. The summed E-state index contributed by atoms with van der Waals surface area (Å²) in [6.45, 7) is 9.68. The minimum atomic E-state index is 0.696. The van der Waals surface area contributed by atoms with Crippen molar-refractivity contribution in [1.82, 2.24) is 10.2 Å². The molecule has 2 heteroatoms. The van der Waals surface area contributed by atoms with Gasteiger partial charge in [0.1, 0.15) is 0 Å². The van der Waals surface area contributed by atoms with Gasteiger partial charge < -0.3 is 5.32 Å². The fraction of sp³-hybridized carbons (Fsp3) is 1.00. The molecule has 0 amide bonds. The predicted octanol–water partition coefficient (Wildman–Crippen LogP) is 1.86. The number of hydrogen-bond donors (Lipinski definition) is 1. The van der Waals surface area contributed by atoms with E-state index >= 15 is 0 Å². The second-order valence-corrected chi connectivity index (χ2v) is 5.34. The highest BCUT2D eigenvalue weighted by Crippen LogP contribution is 2.50. The lowest BCUT2D eigenvalue weighted by atomic mass is 9.99. The first kappa shape index (κ1) is 10.4. The zero-order chi connectivity index (χ0) is 10.0. The van der Waals surface area contributed by atoms with Crippen molar-refractivity contribution >= 4 is 0 Å². The third-order valence-corrected chi connectivity index (χ3v) is 3.75. The van der Waals surface area contributed by atoms with Crippen LogP contribution in [0.2, 0.25) is 0 Å². The lowest BCUT2D eigenvalue weighted by molar-refractivity contribution is 0.166. The fourth-order valence-electron chi connectivity index (χ4n) is 2.82. The van der Waals surface area contributed by atoms with Crippen LogP contribution >= 0.6 is 0 Å². The van der Waals surface area contributed by atoms with E-state index in [1.54, 1.807) is 0 Å². The molecule has 2 rings (SSSR count). The van der Waals surface area contributed by atoms with Gasteiger partial charge in [0.15, 0.2) is 0 Å². The summed E-state index contributed by atoms with van der Waals surface area (Å²) in [5, 5.41) is 3.51. The summed E-state index contributed by atoms with van der Waals surface area (Å²) in [5.41, 5.74) is 0.742. The standard InChI is InChI=1S/C12H24N2/c1-3-4-12(5-6-12)10-14-8-7-13-11(2)9-14/h11,13H,3-10H2,1-2H3. The van der Waals surface area contributed by atoms with Crippen LogP contribution in [-0.2, 0) is 0 Å². The maximum atomic E-state index is 3.51. The van der Waals surface area contributed by atoms with Crippen LogP contribution in [0, 0.1) is 5.41 Å². The van der Waals surface area contributed by atoms with Crippen LogP contribution in [0.5, 0.6) is 0 Å². The molecule has 1 N–H and O–H groups in total. The molecule has 0 spiro atoms. The van der Waals surface area contributed by atoms with Crippen LogP contribution < -0.4 is 5.32 Å².